The summed E-state index contributed by atoms with van der Waals surface area (Å²) in [5.74, 6) is 1.80. The number of rotatable bonds is 5. The second-order valence-electron chi connectivity index (χ2n) is 6.83. The van der Waals surface area contributed by atoms with Crippen molar-refractivity contribution in [2.24, 2.45) is 5.92 Å². The van der Waals surface area contributed by atoms with Crippen LogP contribution in [-0.2, 0) is 0 Å². The fourth-order valence-corrected chi connectivity index (χ4v) is 5.94. The molecular weight excluding hydrogens is 343 g/mol. The van der Waals surface area contributed by atoms with Gasteiger partial charge < -0.3 is 0 Å². The summed E-state index contributed by atoms with van der Waals surface area (Å²) in [7, 11) is 0. The van der Waals surface area contributed by atoms with Crippen molar-refractivity contribution in [2.75, 3.05) is 0 Å². The fraction of sp³-hybridized carbons (Fsp3) is 0.455. The summed E-state index contributed by atoms with van der Waals surface area (Å²) in [5.41, 5.74) is 2.99. The number of hydrogen-bond donors (Lipinski definition) is 0. The second kappa shape index (κ2) is 8.17. The first kappa shape index (κ1) is 16.8. The van der Waals surface area contributed by atoms with Gasteiger partial charge in [-0.25, -0.2) is 0 Å². The molecule has 1 heteroatoms. The van der Waals surface area contributed by atoms with Crippen LogP contribution in [0.25, 0.3) is 16.1 Å². The zero-order valence-electron chi connectivity index (χ0n) is 14.4. The molecule has 0 N–H and O–H groups in total. The minimum atomic E-state index is 0.478. The van der Waals surface area contributed by atoms with E-state index < -0.39 is 0 Å². The van der Waals surface area contributed by atoms with Crippen LogP contribution in [-0.4, -0.2) is 14.5 Å². The molecule has 0 bridgehead atoms. The van der Waals surface area contributed by atoms with Gasteiger partial charge in [-0.15, -0.1) is 0 Å². The summed E-state index contributed by atoms with van der Waals surface area (Å²) in [5, 5.41) is 0. The van der Waals surface area contributed by atoms with Gasteiger partial charge in [-0.2, -0.15) is 0 Å². The molecule has 0 unspecified atom stereocenters. The molecule has 23 heavy (non-hydrogen) atoms. The molecular formula is C22H28Se. The van der Waals surface area contributed by atoms with E-state index in [0.717, 1.165) is 11.8 Å². The van der Waals surface area contributed by atoms with E-state index in [1.54, 1.807) is 5.56 Å². The molecule has 1 aliphatic carbocycles. The normalized spacial score (nSPS) is 21.8. The maximum atomic E-state index is 2.39. The number of allylic oxidation sites excluding steroid dienone is 1. The van der Waals surface area contributed by atoms with Crippen molar-refractivity contribution in [1.82, 2.24) is 0 Å². The Kier molecular flexibility index (Phi) is 5.97. The van der Waals surface area contributed by atoms with Gasteiger partial charge >= 0.3 is 147 Å². The Morgan fingerprint density at radius 1 is 1.00 bits per heavy atom. The molecule has 0 radical (unpaired) electrons. The molecule has 1 aliphatic rings. The van der Waals surface area contributed by atoms with Gasteiger partial charge in [-0.3, -0.25) is 0 Å². The molecule has 0 nitrogen and oxygen atoms in total. The van der Waals surface area contributed by atoms with Crippen LogP contribution in [0, 0.1) is 5.92 Å². The van der Waals surface area contributed by atoms with E-state index in [1.807, 2.05) is 0 Å². The average molecular weight is 371 g/mol. The predicted octanol–water partition coefficient (Wildman–Crippen LogP) is 6.52. The molecule has 1 aromatic heterocycles. The van der Waals surface area contributed by atoms with Gasteiger partial charge in [-0.05, 0) is 0 Å². The Balaban J connectivity index is 1.65. The molecule has 0 saturated heterocycles. The van der Waals surface area contributed by atoms with Crippen molar-refractivity contribution in [2.45, 2.75) is 58.3 Å². The summed E-state index contributed by atoms with van der Waals surface area (Å²) in [4.78, 5) is 0. The van der Waals surface area contributed by atoms with E-state index in [4.69, 9.17) is 0 Å². The summed E-state index contributed by atoms with van der Waals surface area (Å²) in [6.45, 7) is 4.42. The topological polar surface area (TPSA) is 0 Å². The standard InChI is InChI=1S/C22H28Se/c1-3-5-17-7-9-18(10-8-17)19-11-13-20(14-12-19)22-16-15-21(23-22)6-4-2/h4,6,11-18H,3,5,7-10H2,1-2H3/b6-4-. The molecule has 0 amide bonds. The molecule has 1 heterocycles. The van der Waals surface area contributed by atoms with Gasteiger partial charge in [0, 0.05) is 0 Å². The molecule has 122 valence electrons. The van der Waals surface area contributed by atoms with Crippen LogP contribution < -0.4 is 0 Å². The van der Waals surface area contributed by atoms with Gasteiger partial charge in [0.2, 0.25) is 0 Å². The van der Waals surface area contributed by atoms with Gasteiger partial charge in [0.05, 0.1) is 0 Å². The van der Waals surface area contributed by atoms with Crippen LogP contribution in [0.3, 0.4) is 0 Å². The Morgan fingerprint density at radius 3 is 2.39 bits per heavy atom. The monoisotopic (exact) mass is 372 g/mol. The Bertz CT molecular complexity index is 624. The molecule has 2 aromatic rings. The predicted molar refractivity (Wildman–Crippen MR) is 103 cm³/mol. The molecule has 3 rings (SSSR count). The first-order valence-corrected chi connectivity index (χ1v) is 10.8. The summed E-state index contributed by atoms with van der Waals surface area (Å²) < 4.78 is 3.00. The Labute approximate surface area is 147 Å². The molecule has 0 aliphatic heterocycles. The van der Waals surface area contributed by atoms with Crippen LogP contribution in [0.1, 0.15) is 68.3 Å². The number of benzene rings is 1. The third kappa shape index (κ3) is 4.28. The summed E-state index contributed by atoms with van der Waals surface area (Å²) in [6, 6.07) is 14.1. The van der Waals surface area contributed by atoms with Crippen molar-refractivity contribution >= 4 is 20.6 Å². The van der Waals surface area contributed by atoms with E-state index in [0.29, 0.717) is 14.5 Å². The van der Waals surface area contributed by atoms with Crippen LogP contribution in [0.2, 0.25) is 0 Å². The van der Waals surface area contributed by atoms with Crippen molar-refractivity contribution < 1.29 is 0 Å². The van der Waals surface area contributed by atoms with Gasteiger partial charge in [0.15, 0.2) is 0 Å². The SMILES string of the molecule is C/C=C\c1ccc(-c2ccc(C3CCC(CCC)CC3)cc2)[se]1. The zero-order chi connectivity index (χ0) is 16.1. The van der Waals surface area contributed by atoms with Gasteiger partial charge in [-0.1, -0.05) is 0 Å². The zero-order valence-corrected chi connectivity index (χ0v) is 16.1. The van der Waals surface area contributed by atoms with Crippen molar-refractivity contribution in [3.8, 4) is 10.0 Å². The molecule has 1 saturated carbocycles. The van der Waals surface area contributed by atoms with Gasteiger partial charge in [0.1, 0.15) is 0 Å². The van der Waals surface area contributed by atoms with E-state index in [1.165, 1.54) is 53.0 Å². The van der Waals surface area contributed by atoms with Crippen molar-refractivity contribution in [3.05, 3.63) is 52.5 Å². The van der Waals surface area contributed by atoms with Crippen LogP contribution in [0.4, 0.5) is 0 Å². The van der Waals surface area contributed by atoms with Crippen molar-refractivity contribution in [1.29, 1.82) is 0 Å². The first-order valence-electron chi connectivity index (χ1n) is 9.13. The summed E-state index contributed by atoms with van der Waals surface area (Å²) >= 11 is 0.478. The van der Waals surface area contributed by atoms with E-state index in [9.17, 15) is 0 Å². The van der Waals surface area contributed by atoms with Gasteiger partial charge in [0.25, 0.3) is 0 Å². The first-order chi connectivity index (χ1) is 11.3. The molecule has 1 fully saturated rings. The third-order valence-corrected chi connectivity index (χ3v) is 7.47. The van der Waals surface area contributed by atoms with Crippen molar-refractivity contribution in [3.63, 3.8) is 0 Å². The quantitative estimate of drug-likeness (QED) is 0.525. The molecule has 0 atom stereocenters. The minimum absolute atomic E-state index is 0.478. The number of hydrogen-bond acceptors (Lipinski definition) is 0. The molecule has 1 aromatic carbocycles. The van der Waals surface area contributed by atoms with E-state index >= 15 is 0 Å². The van der Waals surface area contributed by atoms with E-state index in [2.05, 4.69) is 62.4 Å². The van der Waals surface area contributed by atoms with Crippen LogP contribution in [0.5, 0.6) is 0 Å². The van der Waals surface area contributed by atoms with Crippen LogP contribution in [0.15, 0.2) is 42.5 Å². The summed E-state index contributed by atoms with van der Waals surface area (Å²) in [6.07, 6.45) is 12.8. The average Bonchev–Trinajstić information content (AvgIpc) is 3.05. The maximum absolute atomic E-state index is 2.39. The van der Waals surface area contributed by atoms with Crippen LogP contribution >= 0.6 is 0 Å². The Hall–Kier alpha value is -1.04. The van der Waals surface area contributed by atoms with E-state index in [-0.39, 0.29) is 0 Å². The Morgan fingerprint density at radius 2 is 1.74 bits per heavy atom. The third-order valence-electron chi connectivity index (χ3n) is 5.17. The fourth-order valence-electron chi connectivity index (χ4n) is 3.87. The second-order valence-corrected chi connectivity index (χ2v) is 9.17. The molecule has 0 spiro atoms.